The molecular formula is C10H5BrF2N2O4S2. The third-order valence-corrected chi connectivity index (χ3v) is 5.75. The highest BCUT2D eigenvalue weighted by Crippen LogP contribution is 2.33. The van der Waals surface area contributed by atoms with E-state index in [0.29, 0.717) is 15.9 Å². The average Bonchev–Trinajstić information content (AvgIpc) is 2.79. The predicted molar refractivity (Wildman–Crippen MR) is 75.8 cm³/mol. The summed E-state index contributed by atoms with van der Waals surface area (Å²) < 4.78 is 52.8. The van der Waals surface area contributed by atoms with Crippen molar-refractivity contribution < 1.29 is 22.1 Å². The molecule has 0 aliphatic heterocycles. The van der Waals surface area contributed by atoms with Crippen LogP contribution in [0.2, 0.25) is 0 Å². The summed E-state index contributed by atoms with van der Waals surface area (Å²) in [6, 6.07) is 3.49. The van der Waals surface area contributed by atoms with E-state index in [9.17, 15) is 27.3 Å². The Morgan fingerprint density at radius 3 is 2.48 bits per heavy atom. The normalized spacial score (nSPS) is 11.4. The van der Waals surface area contributed by atoms with Crippen molar-refractivity contribution >= 4 is 48.7 Å². The summed E-state index contributed by atoms with van der Waals surface area (Å²) in [5.74, 6) is -2.55. The molecule has 0 bridgehead atoms. The van der Waals surface area contributed by atoms with E-state index in [1.54, 1.807) is 4.72 Å². The van der Waals surface area contributed by atoms with Crippen LogP contribution in [0.4, 0.5) is 20.2 Å². The molecule has 1 aromatic heterocycles. The highest BCUT2D eigenvalue weighted by atomic mass is 79.9. The van der Waals surface area contributed by atoms with E-state index >= 15 is 0 Å². The molecule has 0 fully saturated rings. The molecule has 0 aliphatic carbocycles. The molecule has 1 N–H and O–H groups in total. The van der Waals surface area contributed by atoms with Gasteiger partial charge in [-0.25, -0.2) is 17.2 Å². The Hall–Kier alpha value is -1.59. The van der Waals surface area contributed by atoms with Gasteiger partial charge in [0.15, 0.2) is 11.5 Å². The number of nitro groups is 1. The summed E-state index contributed by atoms with van der Waals surface area (Å²) in [6.07, 6.45) is 0. The second-order valence-electron chi connectivity index (χ2n) is 3.70. The van der Waals surface area contributed by atoms with Crippen molar-refractivity contribution in [2.75, 3.05) is 4.72 Å². The third-order valence-electron chi connectivity index (χ3n) is 2.28. The zero-order valence-corrected chi connectivity index (χ0v) is 13.1. The van der Waals surface area contributed by atoms with Gasteiger partial charge in [-0.3, -0.25) is 14.8 Å². The number of hydrogen-bond acceptors (Lipinski definition) is 5. The van der Waals surface area contributed by atoms with E-state index in [2.05, 4.69) is 15.9 Å². The first-order valence-electron chi connectivity index (χ1n) is 5.12. The molecule has 21 heavy (non-hydrogen) atoms. The van der Waals surface area contributed by atoms with E-state index in [4.69, 9.17) is 0 Å². The minimum atomic E-state index is -4.21. The zero-order valence-electron chi connectivity index (χ0n) is 9.84. The van der Waals surface area contributed by atoms with Crippen LogP contribution in [-0.2, 0) is 10.0 Å². The first kappa shape index (κ1) is 15.8. The van der Waals surface area contributed by atoms with Gasteiger partial charge in [-0.05, 0) is 28.1 Å². The Morgan fingerprint density at radius 2 is 1.95 bits per heavy atom. The van der Waals surface area contributed by atoms with Gasteiger partial charge in [0.1, 0.15) is 10.0 Å². The van der Waals surface area contributed by atoms with Crippen molar-refractivity contribution in [1.29, 1.82) is 0 Å². The Kier molecular flexibility index (Phi) is 4.25. The molecule has 112 valence electrons. The van der Waals surface area contributed by atoms with Crippen LogP contribution >= 0.6 is 27.3 Å². The predicted octanol–water partition coefficient (Wildman–Crippen LogP) is 3.50. The fourth-order valence-electron chi connectivity index (χ4n) is 1.43. The molecule has 0 spiro atoms. The average molecular weight is 399 g/mol. The maximum atomic E-state index is 13.6. The molecule has 6 nitrogen and oxygen atoms in total. The molecule has 0 aliphatic rings. The number of rotatable bonds is 4. The van der Waals surface area contributed by atoms with Crippen LogP contribution in [0.3, 0.4) is 0 Å². The fourth-order valence-corrected chi connectivity index (χ4v) is 4.52. The van der Waals surface area contributed by atoms with Gasteiger partial charge < -0.3 is 0 Å². The minimum absolute atomic E-state index is 0.174. The van der Waals surface area contributed by atoms with Crippen LogP contribution in [0.15, 0.2) is 32.3 Å². The molecule has 0 amide bonds. The molecule has 1 aromatic carbocycles. The number of benzene rings is 1. The quantitative estimate of drug-likeness (QED) is 0.630. The highest BCUT2D eigenvalue weighted by Gasteiger charge is 2.26. The number of thiophene rings is 1. The van der Waals surface area contributed by atoms with Crippen LogP contribution in [0.25, 0.3) is 0 Å². The van der Waals surface area contributed by atoms with Crippen molar-refractivity contribution in [1.82, 2.24) is 0 Å². The van der Waals surface area contributed by atoms with Crippen molar-refractivity contribution in [2.45, 2.75) is 4.21 Å². The molecule has 11 heteroatoms. The number of anilines is 1. The Labute approximate surface area is 129 Å². The fraction of sp³-hybridized carbons (Fsp3) is 0. The first-order chi connectivity index (χ1) is 9.70. The molecule has 0 radical (unpaired) electrons. The minimum Gasteiger partial charge on any atom is -0.270 e. The summed E-state index contributed by atoms with van der Waals surface area (Å²) in [7, 11) is -4.21. The highest BCUT2D eigenvalue weighted by molar-refractivity contribution is 9.11. The van der Waals surface area contributed by atoms with Crippen LogP contribution in [0.5, 0.6) is 0 Å². The van der Waals surface area contributed by atoms with Crippen LogP contribution in [0.1, 0.15) is 0 Å². The number of hydrogen-bond donors (Lipinski definition) is 1. The smallest absolute Gasteiger partial charge is 0.270 e. The SMILES string of the molecule is O=[N+]([O-])c1cc(F)cc(F)c1NS(=O)(=O)c1ccc(Br)s1. The number of halogens is 3. The first-order valence-corrected chi connectivity index (χ1v) is 8.21. The van der Waals surface area contributed by atoms with Crippen molar-refractivity contribution in [2.24, 2.45) is 0 Å². The van der Waals surface area contributed by atoms with E-state index in [1.165, 1.54) is 12.1 Å². The molecule has 0 unspecified atom stereocenters. The van der Waals surface area contributed by atoms with Gasteiger partial charge >= 0.3 is 0 Å². The summed E-state index contributed by atoms with van der Waals surface area (Å²) in [4.78, 5) is 9.71. The molecule has 0 saturated heterocycles. The monoisotopic (exact) mass is 398 g/mol. The number of nitrogens with one attached hydrogen (secondary N) is 1. The molecule has 2 aromatic rings. The van der Waals surface area contributed by atoms with Crippen LogP contribution < -0.4 is 4.72 Å². The Morgan fingerprint density at radius 1 is 1.29 bits per heavy atom. The van der Waals surface area contributed by atoms with Crippen molar-refractivity contribution in [3.63, 3.8) is 0 Å². The molecule has 0 atom stereocenters. The van der Waals surface area contributed by atoms with E-state index in [1.807, 2.05) is 0 Å². The van der Waals surface area contributed by atoms with Crippen LogP contribution in [-0.4, -0.2) is 13.3 Å². The number of nitro benzene ring substituents is 1. The largest absolute Gasteiger partial charge is 0.299 e. The lowest BCUT2D eigenvalue weighted by Crippen LogP contribution is -2.14. The van der Waals surface area contributed by atoms with Crippen LogP contribution in [0, 0.1) is 21.7 Å². The summed E-state index contributed by atoms with van der Waals surface area (Å²) in [6.45, 7) is 0. The second-order valence-corrected chi connectivity index (χ2v) is 8.08. The maximum Gasteiger partial charge on any atom is 0.299 e. The lowest BCUT2D eigenvalue weighted by Gasteiger charge is -2.08. The van der Waals surface area contributed by atoms with Gasteiger partial charge in [0.25, 0.3) is 15.7 Å². The Bertz CT molecular complexity index is 822. The van der Waals surface area contributed by atoms with Gasteiger partial charge in [0.05, 0.1) is 14.8 Å². The molecule has 1 heterocycles. The van der Waals surface area contributed by atoms with Crippen molar-refractivity contribution in [3.8, 4) is 0 Å². The summed E-state index contributed by atoms with van der Waals surface area (Å²) in [5, 5.41) is 10.8. The topological polar surface area (TPSA) is 89.3 Å². The van der Waals surface area contributed by atoms with Gasteiger partial charge in [0, 0.05) is 6.07 Å². The number of sulfonamides is 1. The zero-order chi connectivity index (χ0) is 15.8. The van der Waals surface area contributed by atoms with Gasteiger partial charge in [-0.2, -0.15) is 0 Å². The van der Waals surface area contributed by atoms with E-state index in [-0.39, 0.29) is 4.21 Å². The third kappa shape index (κ3) is 3.36. The Balaban J connectivity index is 2.51. The molecule has 0 saturated carbocycles. The summed E-state index contributed by atoms with van der Waals surface area (Å²) >= 11 is 3.90. The summed E-state index contributed by atoms with van der Waals surface area (Å²) in [5.41, 5.74) is -1.92. The van der Waals surface area contributed by atoms with E-state index in [0.717, 1.165) is 11.3 Å². The van der Waals surface area contributed by atoms with Gasteiger partial charge in [-0.1, -0.05) is 0 Å². The van der Waals surface area contributed by atoms with Crippen molar-refractivity contribution in [3.05, 3.63) is 49.8 Å². The lowest BCUT2D eigenvalue weighted by molar-refractivity contribution is -0.384. The number of nitrogens with zero attached hydrogens (tertiary/aromatic N) is 1. The van der Waals surface area contributed by atoms with Gasteiger partial charge in [0.2, 0.25) is 0 Å². The standard InChI is InChI=1S/C10H5BrF2N2O4S2/c11-8-1-2-9(20-8)21(18,19)14-10-6(13)3-5(12)4-7(10)15(16)17/h1-4,14H. The maximum absolute atomic E-state index is 13.6. The molecule has 2 rings (SSSR count). The molecular weight excluding hydrogens is 394 g/mol. The van der Waals surface area contributed by atoms with Gasteiger partial charge in [-0.15, -0.1) is 11.3 Å². The lowest BCUT2D eigenvalue weighted by atomic mass is 10.2. The second kappa shape index (κ2) is 5.66. The van der Waals surface area contributed by atoms with E-state index < -0.39 is 38.0 Å².